The molecule has 0 saturated heterocycles. The van der Waals surface area contributed by atoms with Crippen molar-refractivity contribution in [3.8, 4) is 11.3 Å². The molecule has 0 atom stereocenters. The molecule has 0 spiro atoms. The van der Waals surface area contributed by atoms with Gasteiger partial charge in [0.25, 0.3) is 0 Å². The van der Waals surface area contributed by atoms with Crippen LogP contribution in [0.2, 0.25) is 0 Å². The number of Topliss-reactive ketones (excluding diaryl/α,β-unsaturated/α-hetero) is 1. The molecule has 0 aliphatic rings. The number of benzene rings is 2. The van der Waals surface area contributed by atoms with Crippen LogP contribution in [-0.4, -0.2) is 23.0 Å². The zero-order valence-corrected chi connectivity index (χ0v) is 16.3. The van der Waals surface area contributed by atoms with Crippen molar-refractivity contribution in [3.05, 3.63) is 71.4 Å². The second-order valence-corrected chi connectivity index (χ2v) is 6.91. The molecule has 1 heterocycles. The van der Waals surface area contributed by atoms with Crippen LogP contribution in [0.4, 0.5) is 18.9 Å². The summed E-state index contributed by atoms with van der Waals surface area (Å²) in [5, 5.41) is 7.00. The number of ketones is 1. The van der Waals surface area contributed by atoms with Crippen LogP contribution in [0, 0.1) is 0 Å². The number of hydrogen-bond donors (Lipinski definition) is 1. The number of halogens is 3. The molecule has 7 heteroatoms. The highest BCUT2D eigenvalue weighted by Gasteiger charge is 2.30. The third kappa shape index (κ3) is 4.85. The first-order valence-corrected chi connectivity index (χ1v) is 9.34. The number of nitrogens with zero attached hydrogens (tertiary/aromatic N) is 2. The van der Waals surface area contributed by atoms with Crippen molar-refractivity contribution in [1.82, 2.24) is 10.2 Å². The summed E-state index contributed by atoms with van der Waals surface area (Å²) in [6, 6.07) is 12.4. The van der Waals surface area contributed by atoms with Crippen molar-refractivity contribution in [2.75, 3.05) is 11.9 Å². The zero-order chi connectivity index (χ0) is 21.0. The smallest absolute Gasteiger partial charge is 0.370 e. The van der Waals surface area contributed by atoms with Crippen LogP contribution < -0.4 is 4.90 Å². The molecular formula is C22H22F3N3O. The minimum absolute atomic E-state index is 0.126. The summed E-state index contributed by atoms with van der Waals surface area (Å²) in [4.78, 5) is 14.0. The average Bonchev–Trinajstić information content (AvgIpc) is 3.16. The van der Waals surface area contributed by atoms with Gasteiger partial charge in [0.2, 0.25) is 0 Å². The van der Waals surface area contributed by atoms with Gasteiger partial charge < -0.3 is 4.90 Å². The van der Waals surface area contributed by atoms with Crippen LogP contribution >= 0.6 is 0 Å². The number of aromatic amines is 1. The van der Waals surface area contributed by atoms with E-state index in [2.05, 4.69) is 10.2 Å². The third-order valence-electron chi connectivity index (χ3n) is 4.72. The summed E-state index contributed by atoms with van der Waals surface area (Å²) in [5.41, 5.74) is 3.02. The maximum Gasteiger partial charge on any atom is 0.416 e. The third-order valence-corrected chi connectivity index (χ3v) is 4.72. The van der Waals surface area contributed by atoms with E-state index in [0.717, 1.165) is 29.8 Å². The monoisotopic (exact) mass is 401 g/mol. The van der Waals surface area contributed by atoms with Gasteiger partial charge >= 0.3 is 6.18 Å². The molecule has 0 saturated carbocycles. The Balaban J connectivity index is 1.75. The van der Waals surface area contributed by atoms with E-state index in [-0.39, 0.29) is 5.78 Å². The molecule has 1 N–H and O–H groups in total. The number of aromatic nitrogens is 2. The first kappa shape index (κ1) is 20.6. The molecule has 0 unspecified atom stereocenters. The average molecular weight is 401 g/mol. The Morgan fingerprint density at radius 2 is 1.72 bits per heavy atom. The molecule has 0 bridgehead atoms. The number of alkyl halides is 3. The largest absolute Gasteiger partial charge is 0.416 e. The van der Waals surface area contributed by atoms with Gasteiger partial charge in [0, 0.05) is 48.6 Å². The van der Waals surface area contributed by atoms with Gasteiger partial charge in [0.15, 0.2) is 5.78 Å². The maximum atomic E-state index is 12.8. The molecule has 152 valence electrons. The van der Waals surface area contributed by atoms with Gasteiger partial charge in [-0.15, -0.1) is 0 Å². The highest BCUT2D eigenvalue weighted by molar-refractivity contribution is 5.96. The van der Waals surface area contributed by atoms with Gasteiger partial charge in [-0.25, -0.2) is 0 Å². The lowest BCUT2D eigenvalue weighted by atomic mass is 10.0. The molecule has 29 heavy (non-hydrogen) atoms. The highest BCUT2D eigenvalue weighted by atomic mass is 19.4. The van der Waals surface area contributed by atoms with E-state index < -0.39 is 11.7 Å². The molecule has 2 aromatic carbocycles. The molecule has 4 nitrogen and oxygen atoms in total. The SMILES string of the molecule is CCCC(=O)c1ccc(N(C)Cc2c[nH]nc2-c2ccc(C(F)(F)F)cc2)cc1. The Kier molecular flexibility index (Phi) is 6.06. The Hall–Kier alpha value is -3.09. The summed E-state index contributed by atoms with van der Waals surface area (Å²) in [7, 11) is 1.91. The summed E-state index contributed by atoms with van der Waals surface area (Å²) in [5.74, 6) is 0.126. The zero-order valence-electron chi connectivity index (χ0n) is 16.3. The first-order valence-electron chi connectivity index (χ1n) is 9.34. The highest BCUT2D eigenvalue weighted by Crippen LogP contribution is 2.31. The fourth-order valence-corrected chi connectivity index (χ4v) is 3.12. The van der Waals surface area contributed by atoms with E-state index in [1.54, 1.807) is 6.20 Å². The van der Waals surface area contributed by atoms with E-state index in [1.807, 2.05) is 43.1 Å². The van der Waals surface area contributed by atoms with Crippen molar-refractivity contribution < 1.29 is 18.0 Å². The number of anilines is 1. The van der Waals surface area contributed by atoms with Gasteiger partial charge in [-0.3, -0.25) is 9.89 Å². The van der Waals surface area contributed by atoms with E-state index in [0.29, 0.717) is 29.8 Å². The molecule has 0 radical (unpaired) electrons. The molecule has 0 aliphatic heterocycles. The number of carbonyl (C=O) groups excluding carboxylic acids is 1. The minimum atomic E-state index is -4.36. The van der Waals surface area contributed by atoms with Gasteiger partial charge in [0.1, 0.15) is 0 Å². The molecule has 1 aromatic heterocycles. The second kappa shape index (κ2) is 8.51. The number of carbonyl (C=O) groups is 1. The van der Waals surface area contributed by atoms with Gasteiger partial charge in [-0.1, -0.05) is 19.1 Å². The van der Waals surface area contributed by atoms with E-state index >= 15 is 0 Å². The van der Waals surface area contributed by atoms with Crippen LogP contribution in [0.1, 0.15) is 41.3 Å². The van der Waals surface area contributed by atoms with Crippen LogP contribution in [0.15, 0.2) is 54.7 Å². The second-order valence-electron chi connectivity index (χ2n) is 6.91. The number of H-pyrrole nitrogens is 1. The normalized spacial score (nSPS) is 11.5. The lowest BCUT2D eigenvalue weighted by Gasteiger charge is -2.19. The van der Waals surface area contributed by atoms with Gasteiger partial charge in [0.05, 0.1) is 11.3 Å². The van der Waals surface area contributed by atoms with Crippen molar-refractivity contribution >= 4 is 11.5 Å². The van der Waals surface area contributed by atoms with Crippen molar-refractivity contribution in [3.63, 3.8) is 0 Å². The van der Waals surface area contributed by atoms with Crippen molar-refractivity contribution in [2.24, 2.45) is 0 Å². The summed E-state index contributed by atoms with van der Waals surface area (Å²) in [6.07, 6.45) is -1.28. The molecule has 0 aliphatic carbocycles. The van der Waals surface area contributed by atoms with Crippen molar-refractivity contribution in [2.45, 2.75) is 32.5 Å². The molecule has 3 rings (SSSR count). The predicted octanol–water partition coefficient (Wildman–Crippen LogP) is 5.71. The summed E-state index contributed by atoms with van der Waals surface area (Å²) in [6.45, 7) is 2.48. The summed E-state index contributed by atoms with van der Waals surface area (Å²) >= 11 is 0. The maximum absolute atomic E-state index is 12.8. The van der Waals surface area contributed by atoms with Gasteiger partial charge in [-0.2, -0.15) is 18.3 Å². The molecule has 3 aromatic rings. The Labute approximate surface area is 167 Å². The quantitative estimate of drug-likeness (QED) is 0.516. The van der Waals surface area contributed by atoms with Crippen LogP contribution in [0.5, 0.6) is 0 Å². The topological polar surface area (TPSA) is 49.0 Å². The predicted molar refractivity (Wildman–Crippen MR) is 107 cm³/mol. The van der Waals surface area contributed by atoms with E-state index in [4.69, 9.17) is 0 Å². The van der Waals surface area contributed by atoms with Crippen LogP contribution in [0.25, 0.3) is 11.3 Å². The van der Waals surface area contributed by atoms with Crippen molar-refractivity contribution in [1.29, 1.82) is 0 Å². The fourth-order valence-electron chi connectivity index (χ4n) is 3.12. The molecule has 0 amide bonds. The van der Waals surface area contributed by atoms with E-state index in [9.17, 15) is 18.0 Å². The van der Waals surface area contributed by atoms with Crippen LogP contribution in [0.3, 0.4) is 0 Å². The molecule has 0 fully saturated rings. The molecular weight excluding hydrogens is 379 g/mol. The van der Waals surface area contributed by atoms with E-state index in [1.165, 1.54) is 12.1 Å². The lowest BCUT2D eigenvalue weighted by Crippen LogP contribution is -2.16. The lowest BCUT2D eigenvalue weighted by molar-refractivity contribution is -0.137. The Bertz CT molecular complexity index is 960. The Morgan fingerprint density at radius 3 is 2.31 bits per heavy atom. The number of nitrogens with one attached hydrogen (secondary N) is 1. The fraction of sp³-hybridized carbons (Fsp3) is 0.273. The Morgan fingerprint density at radius 1 is 1.07 bits per heavy atom. The number of rotatable bonds is 7. The standard InChI is InChI=1S/C22H22F3N3O/c1-3-4-20(29)15-7-11-19(12-8-15)28(2)14-17-13-26-27-21(17)16-5-9-18(10-6-16)22(23,24)25/h5-13H,3-4,14H2,1-2H3,(H,26,27). The van der Waals surface area contributed by atoms with Gasteiger partial charge in [-0.05, 0) is 42.8 Å². The first-order chi connectivity index (χ1) is 13.8. The summed E-state index contributed by atoms with van der Waals surface area (Å²) < 4.78 is 38.3. The number of hydrogen-bond acceptors (Lipinski definition) is 3. The minimum Gasteiger partial charge on any atom is -0.370 e. The van der Waals surface area contributed by atoms with Crippen LogP contribution in [-0.2, 0) is 12.7 Å².